The zero-order chi connectivity index (χ0) is 14.3. The first-order valence-corrected chi connectivity index (χ1v) is 5.55. The first-order chi connectivity index (χ1) is 8.88. The number of hydrogen-bond acceptors (Lipinski definition) is 3. The van der Waals surface area contributed by atoms with Crippen molar-refractivity contribution in [3.8, 4) is 0 Å². The third kappa shape index (κ3) is 6.66. The molecule has 106 valence electrons. The van der Waals surface area contributed by atoms with Crippen LogP contribution in [-0.4, -0.2) is 43.6 Å². The molecule has 0 spiro atoms. The van der Waals surface area contributed by atoms with E-state index in [1.165, 1.54) is 4.90 Å². The van der Waals surface area contributed by atoms with Crippen LogP contribution in [0.2, 0.25) is 0 Å². The first kappa shape index (κ1) is 15.3. The molecule has 0 radical (unpaired) electrons. The molecule has 1 aromatic carbocycles. The number of halogens is 3. The number of nitrogens with zero attached hydrogens (tertiary/aromatic N) is 1. The highest BCUT2D eigenvalue weighted by molar-refractivity contribution is 5.73. The van der Waals surface area contributed by atoms with Gasteiger partial charge < -0.3 is 14.7 Å². The fourth-order valence-corrected chi connectivity index (χ4v) is 1.46. The molecule has 0 aromatic heterocycles. The average molecular weight is 277 g/mol. The molecule has 0 saturated carbocycles. The van der Waals surface area contributed by atoms with Gasteiger partial charge in [-0.25, -0.2) is 0 Å². The van der Waals surface area contributed by atoms with Crippen LogP contribution in [0, 0.1) is 0 Å². The predicted octanol–water partition coefficient (Wildman–Crippen LogP) is 2.16. The number of alkyl halides is 3. The van der Waals surface area contributed by atoms with Crippen LogP contribution >= 0.6 is 0 Å². The normalized spacial score (nSPS) is 11.3. The van der Waals surface area contributed by atoms with E-state index in [0.29, 0.717) is 5.69 Å². The third-order valence-electron chi connectivity index (χ3n) is 2.22. The largest absolute Gasteiger partial charge is 0.480 e. The summed E-state index contributed by atoms with van der Waals surface area (Å²) >= 11 is 0. The Hall–Kier alpha value is -1.76. The molecule has 1 N–H and O–H groups in total. The molecule has 19 heavy (non-hydrogen) atoms. The average Bonchev–Trinajstić information content (AvgIpc) is 2.32. The van der Waals surface area contributed by atoms with Gasteiger partial charge in [0.2, 0.25) is 0 Å². The number of carboxylic acid groups (broad SMARTS) is 1. The summed E-state index contributed by atoms with van der Waals surface area (Å²) in [7, 11) is 0. The van der Waals surface area contributed by atoms with Gasteiger partial charge in [-0.05, 0) is 12.1 Å². The third-order valence-corrected chi connectivity index (χ3v) is 2.22. The van der Waals surface area contributed by atoms with Gasteiger partial charge >= 0.3 is 12.1 Å². The number of ether oxygens (including phenoxy) is 1. The zero-order valence-corrected chi connectivity index (χ0v) is 10.1. The van der Waals surface area contributed by atoms with Gasteiger partial charge in [-0.1, -0.05) is 18.2 Å². The summed E-state index contributed by atoms with van der Waals surface area (Å²) in [6, 6.07) is 8.59. The Morgan fingerprint density at radius 2 is 1.89 bits per heavy atom. The van der Waals surface area contributed by atoms with Crippen molar-refractivity contribution < 1.29 is 27.8 Å². The quantitative estimate of drug-likeness (QED) is 0.776. The maximum Gasteiger partial charge on any atom is 0.411 e. The van der Waals surface area contributed by atoms with Crippen molar-refractivity contribution in [1.29, 1.82) is 0 Å². The number of benzene rings is 1. The number of hydrogen-bond donors (Lipinski definition) is 1. The molecule has 1 aromatic rings. The summed E-state index contributed by atoms with van der Waals surface area (Å²) in [6.45, 7) is -1.74. The predicted molar refractivity (Wildman–Crippen MR) is 63.2 cm³/mol. The molecule has 0 amide bonds. The molecular weight excluding hydrogens is 263 g/mol. The van der Waals surface area contributed by atoms with Crippen molar-refractivity contribution in [2.24, 2.45) is 0 Å². The molecule has 0 aliphatic heterocycles. The van der Waals surface area contributed by atoms with Crippen molar-refractivity contribution in [3.63, 3.8) is 0 Å². The van der Waals surface area contributed by atoms with Gasteiger partial charge in [-0.15, -0.1) is 0 Å². The van der Waals surface area contributed by atoms with E-state index in [4.69, 9.17) is 5.11 Å². The Kier molecular flexibility index (Phi) is 5.62. The highest BCUT2D eigenvalue weighted by Gasteiger charge is 2.27. The molecule has 0 unspecified atom stereocenters. The highest BCUT2D eigenvalue weighted by atomic mass is 19.4. The Morgan fingerprint density at radius 1 is 1.26 bits per heavy atom. The van der Waals surface area contributed by atoms with Crippen molar-refractivity contribution >= 4 is 11.7 Å². The van der Waals surface area contributed by atoms with Crippen LogP contribution in [0.3, 0.4) is 0 Å². The molecule has 0 fully saturated rings. The summed E-state index contributed by atoms with van der Waals surface area (Å²) in [5, 5.41) is 8.77. The number of carboxylic acids is 1. The second-order valence-corrected chi connectivity index (χ2v) is 3.82. The Balaban J connectivity index is 2.50. The minimum absolute atomic E-state index is 0.0758. The number of aliphatic carboxylic acids is 1. The maximum atomic E-state index is 11.9. The highest BCUT2D eigenvalue weighted by Crippen LogP contribution is 2.15. The molecule has 1 rings (SSSR count). The summed E-state index contributed by atoms with van der Waals surface area (Å²) in [6.07, 6.45) is -4.37. The van der Waals surface area contributed by atoms with E-state index >= 15 is 0 Å². The molecule has 0 atom stereocenters. The number of para-hydroxylation sites is 1. The van der Waals surface area contributed by atoms with Crippen LogP contribution in [0.1, 0.15) is 0 Å². The standard InChI is InChI=1S/C12H14F3NO3/c13-12(14,15)9-19-7-6-16(8-11(17)18)10-4-2-1-3-5-10/h1-5H,6-9H2,(H,17,18). The van der Waals surface area contributed by atoms with Gasteiger partial charge in [0.15, 0.2) is 0 Å². The topological polar surface area (TPSA) is 49.8 Å². The van der Waals surface area contributed by atoms with Gasteiger partial charge in [0.05, 0.1) is 6.61 Å². The van der Waals surface area contributed by atoms with Crippen LogP contribution in [0.4, 0.5) is 18.9 Å². The van der Waals surface area contributed by atoms with Crippen molar-refractivity contribution in [3.05, 3.63) is 30.3 Å². The second-order valence-electron chi connectivity index (χ2n) is 3.82. The molecule has 0 saturated heterocycles. The molecule has 4 nitrogen and oxygen atoms in total. The molecule has 7 heteroatoms. The van der Waals surface area contributed by atoms with Crippen LogP contribution < -0.4 is 4.90 Å². The number of anilines is 1. The first-order valence-electron chi connectivity index (χ1n) is 5.55. The lowest BCUT2D eigenvalue weighted by Gasteiger charge is -2.22. The van der Waals surface area contributed by atoms with E-state index in [-0.39, 0.29) is 19.7 Å². The van der Waals surface area contributed by atoms with E-state index in [1.807, 2.05) is 0 Å². The minimum atomic E-state index is -4.37. The van der Waals surface area contributed by atoms with E-state index < -0.39 is 18.8 Å². The number of carbonyl (C=O) groups is 1. The van der Waals surface area contributed by atoms with Gasteiger partial charge in [0.1, 0.15) is 13.2 Å². The van der Waals surface area contributed by atoms with E-state index in [1.54, 1.807) is 30.3 Å². The molecule has 0 aliphatic carbocycles. The summed E-state index contributed by atoms with van der Waals surface area (Å²) < 4.78 is 40.1. The van der Waals surface area contributed by atoms with E-state index in [9.17, 15) is 18.0 Å². The van der Waals surface area contributed by atoms with E-state index in [2.05, 4.69) is 4.74 Å². The SMILES string of the molecule is O=C(O)CN(CCOCC(F)(F)F)c1ccccc1. The Morgan fingerprint density at radius 3 is 2.42 bits per heavy atom. The van der Waals surface area contributed by atoms with Gasteiger partial charge in [-0.2, -0.15) is 13.2 Å². The fraction of sp³-hybridized carbons (Fsp3) is 0.417. The molecule has 0 bridgehead atoms. The Labute approximate surface area is 108 Å². The smallest absolute Gasteiger partial charge is 0.411 e. The lowest BCUT2D eigenvalue weighted by Crippen LogP contribution is -2.33. The fourth-order valence-electron chi connectivity index (χ4n) is 1.46. The molecule has 0 aliphatic rings. The maximum absolute atomic E-state index is 11.9. The van der Waals surface area contributed by atoms with Crippen molar-refractivity contribution in [1.82, 2.24) is 0 Å². The summed E-state index contributed by atoms with van der Waals surface area (Å²) in [5.74, 6) is -1.06. The van der Waals surface area contributed by atoms with Gasteiger partial charge in [0.25, 0.3) is 0 Å². The van der Waals surface area contributed by atoms with Crippen LogP contribution in [0.15, 0.2) is 30.3 Å². The molecule has 0 heterocycles. The van der Waals surface area contributed by atoms with E-state index in [0.717, 1.165) is 0 Å². The minimum Gasteiger partial charge on any atom is -0.480 e. The summed E-state index contributed by atoms with van der Waals surface area (Å²) in [5.41, 5.74) is 0.625. The van der Waals surface area contributed by atoms with Crippen LogP contribution in [0.5, 0.6) is 0 Å². The molecular formula is C12H14F3NO3. The van der Waals surface area contributed by atoms with Gasteiger partial charge in [0, 0.05) is 12.2 Å². The lowest BCUT2D eigenvalue weighted by molar-refractivity contribution is -0.173. The van der Waals surface area contributed by atoms with Crippen molar-refractivity contribution in [2.45, 2.75) is 6.18 Å². The zero-order valence-electron chi connectivity index (χ0n) is 10.1. The lowest BCUT2D eigenvalue weighted by atomic mass is 10.3. The number of rotatable bonds is 7. The monoisotopic (exact) mass is 277 g/mol. The van der Waals surface area contributed by atoms with Crippen LogP contribution in [0.25, 0.3) is 0 Å². The van der Waals surface area contributed by atoms with Gasteiger partial charge in [-0.3, -0.25) is 4.79 Å². The Bertz CT molecular complexity index is 395. The van der Waals surface area contributed by atoms with Crippen LogP contribution in [-0.2, 0) is 9.53 Å². The second kappa shape index (κ2) is 6.98. The summed E-state index contributed by atoms with van der Waals surface area (Å²) in [4.78, 5) is 12.2. The van der Waals surface area contributed by atoms with Crippen molar-refractivity contribution in [2.75, 3.05) is 31.2 Å².